The summed E-state index contributed by atoms with van der Waals surface area (Å²) in [7, 11) is 3.28. The van der Waals surface area contributed by atoms with Crippen LogP contribution in [0.3, 0.4) is 0 Å². The van der Waals surface area contributed by atoms with E-state index >= 15 is 0 Å². The van der Waals surface area contributed by atoms with Gasteiger partial charge in [-0.05, 0) is 54.4 Å². The van der Waals surface area contributed by atoms with Gasteiger partial charge in [-0.3, -0.25) is 4.79 Å². The molecule has 1 amide bonds. The van der Waals surface area contributed by atoms with Gasteiger partial charge in [-0.1, -0.05) is 30.3 Å². The number of carbonyl (C=O) groups is 1. The lowest BCUT2D eigenvalue weighted by Gasteiger charge is -2.31. The van der Waals surface area contributed by atoms with E-state index in [2.05, 4.69) is 0 Å². The Morgan fingerprint density at radius 2 is 1.57 bits per heavy atom. The molecule has 1 atom stereocenters. The van der Waals surface area contributed by atoms with Gasteiger partial charge in [-0.15, -0.1) is 0 Å². The highest BCUT2D eigenvalue weighted by Gasteiger charge is 2.31. The normalized spacial score (nSPS) is 14.9. The molecule has 4 rings (SSSR count). The summed E-state index contributed by atoms with van der Waals surface area (Å²) in [5.41, 5.74) is 2.81. The van der Waals surface area contributed by atoms with Crippen molar-refractivity contribution in [3.63, 3.8) is 0 Å². The molecule has 0 saturated heterocycles. The Morgan fingerprint density at radius 3 is 2.23 bits per heavy atom. The van der Waals surface area contributed by atoms with Crippen LogP contribution >= 0.6 is 0 Å². The smallest absolute Gasteiger partial charge is 0.235 e. The van der Waals surface area contributed by atoms with Gasteiger partial charge in [-0.2, -0.15) is 0 Å². The van der Waals surface area contributed by atoms with E-state index in [1.165, 1.54) is 0 Å². The molecule has 1 aliphatic heterocycles. The Hall–Kier alpha value is -3.47. The van der Waals surface area contributed by atoms with Gasteiger partial charge in [0.2, 0.25) is 5.91 Å². The second-order valence-corrected chi connectivity index (χ2v) is 7.20. The highest BCUT2D eigenvalue weighted by atomic mass is 16.5. The minimum absolute atomic E-state index is 0.0618. The van der Waals surface area contributed by atoms with Crippen LogP contribution in [0.25, 0.3) is 0 Å². The third-order valence-electron chi connectivity index (χ3n) is 5.41. The summed E-state index contributed by atoms with van der Waals surface area (Å²) in [5.74, 6) is 2.16. The average molecular weight is 403 g/mol. The summed E-state index contributed by atoms with van der Waals surface area (Å²) < 4.78 is 16.3. The van der Waals surface area contributed by atoms with E-state index in [9.17, 15) is 4.79 Å². The fraction of sp³-hybridized carbons (Fsp3) is 0.240. The van der Waals surface area contributed by atoms with Gasteiger partial charge >= 0.3 is 0 Å². The molecule has 0 bridgehead atoms. The maximum absolute atomic E-state index is 13.8. The molecule has 1 heterocycles. The molecule has 154 valence electrons. The molecule has 5 heteroatoms. The Morgan fingerprint density at radius 1 is 0.933 bits per heavy atom. The molecule has 3 aromatic rings. The van der Waals surface area contributed by atoms with Crippen LogP contribution in [0.15, 0.2) is 72.8 Å². The monoisotopic (exact) mass is 403 g/mol. The maximum atomic E-state index is 13.8. The van der Waals surface area contributed by atoms with Crippen LogP contribution in [0.2, 0.25) is 0 Å². The van der Waals surface area contributed by atoms with E-state index in [1.54, 1.807) is 14.2 Å². The Labute approximate surface area is 176 Å². The van der Waals surface area contributed by atoms with E-state index in [1.807, 2.05) is 77.7 Å². The number of carbonyl (C=O) groups excluding carboxylic acids is 1. The Kier molecular flexibility index (Phi) is 5.89. The maximum Gasteiger partial charge on any atom is 0.235 e. The van der Waals surface area contributed by atoms with Crippen LogP contribution in [0.5, 0.6) is 17.2 Å². The molecule has 1 aliphatic rings. The van der Waals surface area contributed by atoms with Gasteiger partial charge in [0.1, 0.15) is 17.2 Å². The lowest BCUT2D eigenvalue weighted by molar-refractivity contribution is -0.120. The summed E-state index contributed by atoms with van der Waals surface area (Å²) in [5, 5.41) is 0. The third kappa shape index (κ3) is 4.10. The minimum Gasteiger partial charge on any atom is -0.497 e. The first-order chi connectivity index (χ1) is 14.7. The van der Waals surface area contributed by atoms with Crippen LogP contribution in [0, 0.1) is 0 Å². The number of ether oxygens (including phenoxy) is 3. The zero-order chi connectivity index (χ0) is 20.9. The van der Waals surface area contributed by atoms with Crippen LogP contribution < -0.4 is 19.1 Å². The fourth-order valence-corrected chi connectivity index (χ4v) is 3.76. The summed E-state index contributed by atoms with van der Waals surface area (Å²) in [6.45, 7) is 1.00. The van der Waals surface area contributed by atoms with Gasteiger partial charge in [0.05, 0.1) is 33.3 Å². The first-order valence-corrected chi connectivity index (χ1v) is 9.99. The molecule has 0 spiro atoms. The van der Waals surface area contributed by atoms with Crippen molar-refractivity contribution in [2.75, 3.05) is 25.7 Å². The number of amides is 1. The van der Waals surface area contributed by atoms with Gasteiger partial charge < -0.3 is 19.1 Å². The van der Waals surface area contributed by atoms with Crippen molar-refractivity contribution in [2.24, 2.45) is 0 Å². The van der Waals surface area contributed by atoms with Crippen molar-refractivity contribution in [2.45, 2.75) is 18.9 Å². The number of hydrogen-bond acceptors (Lipinski definition) is 4. The zero-order valence-electron chi connectivity index (χ0n) is 17.2. The molecule has 0 N–H and O–H groups in total. The van der Waals surface area contributed by atoms with E-state index in [0.717, 1.165) is 34.1 Å². The summed E-state index contributed by atoms with van der Waals surface area (Å²) >= 11 is 0. The quantitative estimate of drug-likeness (QED) is 0.593. The highest BCUT2D eigenvalue weighted by molar-refractivity contribution is 5.98. The molecule has 0 saturated carbocycles. The van der Waals surface area contributed by atoms with Crippen molar-refractivity contribution >= 4 is 11.6 Å². The molecule has 0 aliphatic carbocycles. The minimum atomic E-state index is -0.240. The topological polar surface area (TPSA) is 48.0 Å². The zero-order valence-corrected chi connectivity index (χ0v) is 17.2. The van der Waals surface area contributed by atoms with E-state index in [-0.39, 0.29) is 11.8 Å². The van der Waals surface area contributed by atoms with Crippen LogP contribution in [0.1, 0.15) is 23.5 Å². The Balaban J connectivity index is 1.68. The predicted octanol–water partition coefficient (Wildman–Crippen LogP) is 4.80. The van der Waals surface area contributed by atoms with Gasteiger partial charge in [0.15, 0.2) is 0 Å². The molecular weight excluding hydrogens is 378 g/mol. The average Bonchev–Trinajstić information content (AvgIpc) is 2.82. The fourth-order valence-electron chi connectivity index (χ4n) is 3.76. The number of rotatable bonds is 6. The van der Waals surface area contributed by atoms with Gasteiger partial charge in [0.25, 0.3) is 0 Å². The number of fused-ring (bicyclic) bond motifs is 1. The molecular formula is C25H25NO4. The number of nitrogens with zero attached hydrogens (tertiary/aromatic N) is 1. The van der Waals surface area contributed by atoms with Crippen molar-refractivity contribution in [3.05, 3.63) is 83.9 Å². The SMILES string of the molecule is COc1ccc(CN(C(=O)C2CCOc3ccccc32)c2ccc(OC)cc2)cc1. The largest absolute Gasteiger partial charge is 0.497 e. The number of para-hydroxylation sites is 1. The van der Waals surface area contributed by atoms with Crippen molar-refractivity contribution in [1.82, 2.24) is 0 Å². The first kappa shape index (κ1) is 19.8. The highest BCUT2D eigenvalue weighted by Crippen LogP contribution is 2.36. The Bertz CT molecular complexity index is 998. The summed E-state index contributed by atoms with van der Waals surface area (Å²) in [6, 6.07) is 23.2. The molecule has 1 unspecified atom stereocenters. The van der Waals surface area contributed by atoms with Gasteiger partial charge in [0, 0.05) is 11.3 Å². The number of anilines is 1. The van der Waals surface area contributed by atoms with Crippen LogP contribution in [-0.2, 0) is 11.3 Å². The third-order valence-corrected chi connectivity index (χ3v) is 5.41. The molecule has 5 nitrogen and oxygen atoms in total. The lowest BCUT2D eigenvalue weighted by atomic mass is 9.91. The molecule has 0 aromatic heterocycles. The van der Waals surface area contributed by atoms with Crippen molar-refractivity contribution < 1.29 is 19.0 Å². The number of methoxy groups -OCH3 is 2. The second kappa shape index (κ2) is 8.91. The molecule has 30 heavy (non-hydrogen) atoms. The van der Waals surface area contributed by atoms with E-state index in [4.69, 9.17) is 14.2 Å². The lowest BCUT2D eigenvalue weighted by Crippen LogP contribution is -2.36. The standard InChI is InChI=1S/C25H25NO4/c1-28-20-11-7-18(8-12-20)17-26(19-9-13-21(29-2)14-10-19)25(27)23-15-16-30-24-6-4-3-5-22(23)24/h3-14,23H,15-17H2,1-2H3. The molecule has 3 aromatic carbocycles. The summed E-state index contributed by atoms with van der Waals surface area (Å²) in [6.07, 6.45) is 0.658. The van der Waals surface area contributed by atoms with Crippen molar-refractivity contribution in [3.8, 4) is 17.2 Å². The predicted molar refractivity (Wildman–Crippen MR) is 116 cm³/mol. The molecule has 0 fully saturated rings. The first-order valence-electron chi connectivity index (χ1n) is 9.99. The second-order valence-electron chi connectivity index (χ2n) is 7.20. The van der Waals surface area contributed by atoms with Crippen molar-refractivity contribution in [1.29, 1.82) is 0 Å². The molecule has 0 radical (unpaired) electrons. The van der Waals surface area contributed by atoms with E-state index < -0.39 is 0 Å². The van der Waals surface area contributed by atoms with Crippen LogP contribution in [-0.4, -0.2) is 26.7 Å². The van der Waals surface area contributed by atoms with Crippen LogP contribution in [0.4, 0.5) is 5.69 Å². The summed E-state index contributed by atoms with van der Waals surface area (Å²) in [4.78, 5) is 15.6. The van der Waals surface area contributed by atoms with Gasteiger partial charge in [-0.25, -0.2) is 0 Å². The van der Waals surface area contributed by atoms with E-state index in [0.29, 0.717) is 19.6 Å². The number of benzene rings is 3. The number of hydrogen-bond donors (Lipinski definition) is 0.